The zero-order valence-corrected chi connectivity index (χ0v) is 14.8. The van der Waals surface area contributed by atoms with Crippen molar-refractivity contribution in [3.8, 4) is 0 Å². The van der Waals surface area contributed by atoms with Gasteiger partial charge in [-0.25, -0.2) is 4.79 Å². The van der Waals surface area contributed by atoms with Crippen LogP contribution in [0.4, 0.5) is 5.69 Å². The molecule has 0 amide bonds. The molecule has 0 saturated heterocycles. The fraction of sp³-hybridized carbons (Fsp3) is 0.312. The van der Waals surface area contributed by atoms with Crippen LogP contribution in [0, 0.1) is 0 Å². The van der Waals surface area contributed by atoms with Crippen LogP contribution in [-0.2, 0) is 34.9 Å². The van der Waals surface area contributed by atoms with Crippen LogP contribution in [0.3, 0.4) is 0 Å². The van der Waals surface area contributed by atoms with Crippen LogP contribution >= 0.6 is 11.6 Å². The fourth-order valence-electron chi connectivity index (χ4n) is 2.26. The monoisotopic (exact) mass is 354 g/mol. The molecule has 1 unspecified atom stereocenters. The molecular formula is C16H19ClN2O3S. The summed E-state index contributed by atoms with van der Waals surface area (Å²) in [5, 5.41) is 3.89. The second-order valence-electron chi connectivity index (χ2n) is 5.21. The minimum absolute atomic E-state index is 0.363. The van der Waals surface area contributed by atoms with Crippen molar-refractivity contribution >= 4 is 34.1 Å². The number of anilines is 1. The van der Waals surface area contributed by atoms with E-state index >= 15 is 0 Å². The second-order valence-corrected chi connectivity index (χ2v) is 7.06. The topological polar surface area (TPSA) is 60.3 Å². The third-order valence-corrected chi connectivity index (χ3v) is 4.44. The van der Waals surface area contributed by atoms with E-state index < -0.39 is 10.8 Å². The maximum absolute atomic E-state index is 11.6. The number of carbonyl (C=O) groups excluding carboxylic acids is 1. The van der Waals surface area contributed by atoms with Gasteiger partial charge in [0.2, 0.25) is 0 Å². The third-order valence-electron chi connectivity index (χ3n) is 3.36. The minimum atomic E-state index is -0.948. The van der Waals surface area contributed by atoms with Crippen molar-refractivity contribution in [3.05, 3.63) is 52.3 Å². The van der Waals surface area contributed by atoms with Gasteiger partial charge in [0.25, 0.3) is 0 Å². The van der Waals surface area contributed by atoms with E-state index in [1.165, 1.54) is 7.11 Å². The molecule has 124 valence electrons. The Hall–Kier alpha value is -1.79. The second kappa shape index (κ2) is 7.66. The lowest BCUT2D eigenvalue weighted by Gasteiger charge is -2.09. The highest BCUT2D eigenvalue weighted by molar-refractivity contribution is 7.83. The molecule has 0 radical (unpaired) electrons. The Kier molecular flexibility index (Phi) is 5.85. The number of aromatic nitrogens is 1. The van der Waals surface area contributed by atoms with Crippen molar-refractivity contribution in [1.82, 2.24) is 4.57 Å². The lowest BCUT2D eigenvalue weighted by Crippen LogP contribution is -2.06. The smallest absolute Gasteiger partial charge is 0.354 e. The van der Waals surface area contributed by atoms with E-state index in [1.807, 2.05) is 18.3 Å². The maximum atomic E-state index is 11.6. The molecule has 2 aromatic rings. The van der Waals surface area contributed by atoms with Gasteiger partial charge in [-0.3, -0.25) is 4.21 Å². The lowest BCUT2D eigenvalue weighted by atomic mass is 10.2. The fourth-order valence-corrected chi connectivity index (χ4v) is 3.20. The Bertz CT molecular complexity index is 743. The first-order valence-corrected chi connectivity index (χ1v) is 9.07. The number of esters is 1. The number of benzene rings is 1. The molecule has 1 N–H and O–H groups in total. The number of aryl methyl sites for hydroxylation is 1. The molecule has 0 saturated carbocycles. The molecule has 23 heavy (non-hydrogen) atoms. The predicted molar refractivity (Wildman–Crippen MR) is 93.3 cm³/mol. The average Bonchev–Trinajstić information content (AvgIpc) is 2.88. The van der Waals surface area contributed by atoms with Crippen LogP contribution < -0.4 is 5.32 Å². The zero-order chi connectivity index (χ0) is 17.0. The van der Waals surface area contributed by atoms with Crippen molar-refractivity contribution in [2.24, 2.45) is 7.05 Å². The van der Waals surface area contributed by atoms with Gasteiger partial charge >= 0.3 is 5.97 Å². The van der Waals surface area contributed by atoms with Gasteiger partial charge in [0.1, 0.15) is 5.69 Å². The summed E-state index contributed by atoms with van der Waals surface area (Å²) in [7, 11) is 2.21. The molecule has 7 heteroatoms. The first kappa shape index (κ1) is 17.6. The molecule has 2 rings (SSSR count). The quantitative estimate of drug-likeness (QED) is 0.810. The van der Waals surface area contributed by atoms with E-state index in [0.29, 0.717) is 23.0 Å². The van der Waals surface area contributed by atoms with Crippen molar-refractivity contribution < 1.29 is 13.7 Å². The summed E-state index contributed by atoms with van der Waals surface area (Å²) in [6.45, 7) is 0.557. The Labute approximate surface area is 143 Å². The first-order valence-electron chi connectivity index (χ1n) is 6.96. The van der Waals surface area contributed by atoms with Crippen LogP contribution in [0.2, 0.25) is 5.02 Å². The van der Waals surface area contributed by atoms with Gasteiger partial charge in [-0.05, 0) is 35.4 Å². The summed E-state index contributed by atoms with van der Waals surface area (Å²) >= 11 is 6.12. The summed E-state index contributed by atoms with van der Waals surface area (Å²) in [6, 6.07) is 7.34. The molecule has 1 atom stereocenters. The maximum Gasteiger partial charge on any atom is 0.354 e. The van der Waals surface area contributed by atoms with E-state index in [0.717, 1.165) is 16.8 Å². The van der Waals surface area contributed by atoms with E-state index in [1.54, 1.807) is 30.0 Å². The molecular weight excluding hydrogens is 336 g/mol. The number of nitrogens with zero attached hydrogens (tertiary/aromatic N) is 1. The number of hydrogen-bond acceptors (Lipinski definition) is 4. The summed E-state index contributed by atoms with van der Waals surface area (Å²) in [5.74, 6) is 0.0598. The Morgan fingerprint density at radius 2 is 2.13 bits per heavy atom. The average molecular weight is 355 g/mol. The van der Waals surface area contributed by atoms with Crippen molar-refractivity contribution in [3.63, 3.8) is 0 Å². The lowest BCUT2D eigenvalue weighted by molar-refractivity contribution is 0.0590. The van der Waals surface area contributed by atoms with E-state index in [2.05, 4.69) is 5.32 Å². The Morgan fingerprint density at radius 1 is 1.39 bits per heavy atom. The van der Waals surface area contributed by atoms with Crippen molar-refractivity contribution in [2.45, 2.75) is 12.3 Å². The SMILES string of the molecule is COC(=O)c1cc(CNc2ccc(Cl)c(CS(C)=O)c2)cn1C. The highest BCUT2D eigenvalue weighted by atomic mass is 35.5. The van der Waals surface area contributed by atoms with Crippen LogP contribution in [0.5, 0.6) is 0 Å². The van der Waals surface area contributed by atoms with Crippen molar-refractivity contribution in [1.29, 1.82) is 0 Å². The number of halogens is 1. The highest BCUT2D eigenvalue weighted by Gasteiger charge is 2.12. The molecule has 0 aliphatic heterocycles. The number of hydrogen-bond donors (Lipinski definition) is 1. The molecule has 1 aromatic carbocycles. The summed E-state index contributed by atoms with van der Waals surface area (Å²) in [6.07, 6.45) is 3.52. The number of nitrogens with one attached hydrogen (secondary N) is 1. The van der Waals surface area contributed by atoms with E-state index in [4.69, 9.17) is 16.3 Å². The van der Waals surface area contributed by atoms with Gasteiger partial charge in [-0.1, -0.05) is 11.6 Å². The predicted octanol–water partition coefficient (Wildman–Crippen LogP) is 2.96. The molecule has 0 aliphatic rings. The molecule has 5 nitrogen and oxygen atoms in total. The molecule has 0 aliphatic carbocycles. The molecule has 0 bridgehead atoms. The summed E-state index contributed by atoms with van der Waals surface area (Å²) < 4.78 is 17.8. The van der Waals surface area contributed by atoms with E-state index in [-0.39, 0.29) is 5.97 Å². The van der Waals surface area contributed by atoms with Gasteiger partial charge < -0.3 is 14.6 Å². The van der Waals surface area contributed by atoms with Gasteiger partial charge in [0.15, 0.2) is 0 Å². The van der Waals surface area contributed by atoms with Gasteiger partial charge in [0, 0.05) is 53.3 Å². The van der Waals surface area contributed by atoms with Crippen LogP contribution in [0.25, 0.3) is 0 Å². The van der Waals surface area contributed by atoms with Crippen LogP contribution in [-0.4, -0.2) is 28.1 Å². The van der Waals surface area contributed by atoms with Crippen molar-refractivity contribution in [2.75, 3.05) is 18.7 Å². The largest absolute Gasteiger partial charge is 0.464 e. The molecule has 0 fully saturated rings. The molecule has 1 heterocycles. The zero-order valence-electron chi connectivity index (χ0n) is 13.3. The number of rotatable bonds is 6. The van der Waals surface area contributed by atoms with Crippen LogP contribution in [0.15, 0.2) is 30.5 Å². The standard InChI is InChI=1S/C16H19ClN2O3S/c1-19-9-11(6-15(19)16(20)22-2)8-18-13-4-5-14(17)12(7-13)10-23(3)21/h4-7,9,18H,8,10H2,1-3H3. The Morgan fingerprint density at radius 3 is 2.78 bits per heavy atom. The summed E-state index contributed by atoms with van der Waals surface area (Å²) in [4.78, 5) is 11.6. The van der Waals surface area contributed by atoms with Gasteiger partial charge in [-0.15, -0.1) is 0 Å². The Balaban J connectivity index is 2.09. The highest BCUT2D eigenvalue weighted by Crippen LogP contribution is 2.22. The molecule has 0 spiro atoms. The number of methoxy groups -OCH3 is 1. The van der Waals surface area contributed by atoms with E-state index in [9.17, 15) is 9.00 Å². The number of ether oxygens (including phenoxy) is 1. The minimum Gasteiger partial charge on any atom is -0.464 e. The first-order chi connectivity index (χ1) is 10.9. The number of carbonyl (C=O) groups is 1. The van der Waals surface area contributed by atoms with Gasteiger partial charge in [-0.2, -0.15) is 0 Å². The normalized spacial score (nSPS) is 12.0. The molecule has 1 aromatic heterocycles. The third kappa shape index (κ3) is 4.59. The van der Waals surface area contributed by atoms with Crippen LogP contribution in [0.1, 0.15) is 21.6 Å². The summed E-state index contributed by atoms with van der Waals surface area (Å²) in [5.41, 5.74) is 3.20. The van der Waals surface area contributed by atoms with Gasteiger partial charge in [0.05, 0.1) is 7.11 Å².